The third-order valence-electron chi connectivity index (χ3n) is 7.93. The van der Waals surface area contributed by atoms with Crippen molar-refractivity contribution in [2.75, 3.05) is 0 Å². The number of hydrogen-bond donors (Lipinski definition) is 0. The monoisotopic (exact) mass is 312 g/mol. The van der Waals surface area contributed by atoms with Crippen LogP contribution in [0.4, 0.5) is 0 Å². The van der Waals surface area contributed by atoms with E-state index >= 15 is 0 Å². The molecular formula is C21H28O2. The van der Waals surface area contributed by atoms with Gasteiger partial charge < -0.3 is 0 Å². The number of Topliss-reactive ketones (excluding diaryl/α,β-unsaturated/α-hetero) is 1. The molecule has 0 N–H and O–H groups in total. The van der Waals surface area contributed by atoms with Crippen molar-refractivity contribution >= 4 is 11.6 Å². The summed E-state index contributed by atoms with van der Waals surface area (Å²) in [5.41, 5.74) is 2.78. The molecule has 0 aliphatic heterocycles. The van der Waals surface area contributed by atoms with E-state index in [-0.39, 0.29) is 10.8 Å². The SMILES string of the molecule is C/C=C1\C[C@@H]2[C@H](CC[C@]3(C)C(=O)CC[C@@H]23)[C@@]2(C)CCC(=O)C=C12. The van der Waals surface area contributed by atoms with Crippen LogP contribution in [0.1, 0.15) is 65.7 Å². The molecule has 0 aromatic heterocycles. The normalized spacial score (nSPS) is 47.9. The summed E-state index contributed by atoms with van der Waals surface area (Å²) in [6.07, 6.45) is 11.0. The number of fused-ring (bicyclic) bond motifs is 5. The topological polar surface area (TPSA) is 34.1 Å². The van der Waals surface area contributed by atoms with E-state index in [2.05, 4.69) is 26.8 Å². The Bertz CT molecular complexity index is 640. The first-order valence-electron chi connectivity index (χ1n) is 9.34. The molecule has 0 aromatic carbocycles. The first-order chi connectivity index (χ1) is 10.9. The van der Waals surface area contributed by atoms with Crippen LogP contribution in [0.3, 0.4) is 0 Å². The minimum atomic E-state index is -0.0674. The van der Waals surface area contributed by atoms with E-state index in [1.807, 2.05) is 6.08 Å². The van der Waals surface area contributed by atoms with Crippen LogP contribution in [0.15, 0.2) is 23.3 Å². The molecular weight excluding hydrogens is 284 g/mol. The third-order valence-corrected chi connectivity index (χ3v) is 7.93. The molecule has 3 fully saturated rings. The van der Waals surface area contributed by atoms with Crippen LogP contribution in [-0.4, -0.2) is 11.6 Å². The molecule has 0 saturated heterocycles. The van der Waals surface area contributed by atoms with Crippen molar-refractivity contribution in [3.8, 4) is 0 Å². The third kappa shape index (κ3) is 1.93. The van der Waals surface area contributed by atoms with Gasteiger partial charge in [-0.3, -0.25) is 9.59 Å². The predicted octanol–water partition coefficient (Wildman–Crippen LogP) is 4.64. The lowest BCUT2D eigenvalue weighted by Gasteiger charge is -2.57. The molecule has 23 heavy (non-hydrogen) atoms. The summed E-state index contributed by atoms with van der Waals surface area (Å²) in [6, 6.07) is 0. The Morgan fingerprint density at radius 3 is 2.52 bits per heavy atom. The fourth-order valence-corrected chi connectivity index (χ4v) is 6.53. The first-order valence-corrected chi connectivity index (χ1v) is 9.34. The van der Waals surface area contributed by atoms with Gasteiger partial charge in [0.25, 0.3) is 0 Å². The van der Waals surface area contributed by atoms with Crippen molar-refractivity contribution in [1.29, 1.82) is 0 Å². The van der Waals surface area contributed by atoms with E-state index in [9.17, 15) is 9.59 Å². The van der Waals surface area contributed by atoms with Crippen molar-refractivity contribution in [3.63, 3.8) is 0 Å². The van der Waals surface area contributed by atoms with E-state index in [0.717, 1.165) is 38.5 Å². The predicted molar refractivity (Wildman–Crippen MR) is 90.9 cm³/mol. The standard InChI is InChI=1S/C21H28O2/c1-4-13-11-15-16-5-6-19(23)21(16,3)10-8-17(15)20(2)9-7-14(22)12-18(13)20/h4,12,15-17H,5-11H2,1-3H3/b13-4+/t15-,16-,17-,20+,21-/m0/s1. The molecule has 4 aliphatic rings. The molecule has 0 bridgehead atoms. The first kappa shape index (κ1) is 15.4. The summed E-state index contributed by atoms with van der Waals surface area (Å²) in [7, 11) is 0. The van der Waals surface area contributed by atoms with E-state index < -0.39 is 0 Å². The number of carbonyl (C=O) groups is 2. The minimum Gasteiger partial charge on any atom is -0.299 e. The molecule has 0 amide bonds. The molecule has 0 heterocycles. The van der Waals surface area contributed by atoms with Crippen molar-refractivity contribution < 1.29 is 9.59 Å². The molecule has 0 radical (unpaired) electrons. The van der Waals surface area contributed by atoms with Gasteiger partial charge >= 0.3 is 0 Å². The lowest BCUT2D eigenvalue weighted by Crippen LogP contribution is -2.51. The van der Waals surface area contributed by atoms with Gasteiger partial charge in [0.2, 0.25) is 0 Å². The molecule has 3 saturated carbocycles. The molecule has 5 atom stereocenters. The lowest BCUT2D eigenvalue weighted by molar-refractivity contribution is -0.132. The Morgan fingerprint density at radius 1 is 1.04 bits per heavy atom. The Balaban J connectivity index is 1.79. The van der Waals surface area contributed by atoms with Gasteiger partial charge in [-0.15, -0.1) is 0 Å². The molecule has 2 heteroatoms. The quantitative estimate of drug-likeness (QED) is 0.653. The molecule has 0 aromatic rings. The summed E-state index contributed by atoms with van der Waals surface area (Å²) in [5.74, 6) is 2.64. The van der Waals surface area contributed by atoms with Crippen LogP contribution in [0.5, 0.6) is 0 Å². The summed E-state index contributed by atoms with van der Waals surface area (Å²) < 4.78 is 0. The van der Waals surface area contributed by atoms with Gasteiger partial charge in [0.15, 0.2) is 5.78 Å². The van der Waals surface area contributed by atoms with Gasteiger partial charge in [-0.25, -0.2) is 0 Å². The zero-order valence-corrected chi connectivity index (χ0v) is 14.7. The molecule has 4 aliphatic carbocycles. The minimum absolute atomic E-state index is 0.0674. The van der Waals surface area contributed by atoms with Crippen molar-refractivity contribution in [1.82, 2.24) is 0 Å². The summed E-state index contributed by atoms with van der Waals surface area (Å²) >= 11 is 0. The van der Waals surface area contributed by atoms with Crippen LogP contribution < -0.4 is 0 Å². The van der Waals surface area contributed by atoms with Crippen molar-refractivity contribution in [2.24, 2.45) is 28.6 Å². The maximum Gasteiger partial charge on any atom is 0.156 e. The summed E-state index contributed by atoms with van der Waals surface area (Å²) in [5, 5.41) is 0. The Hall–Kier alpha value is -1.18. The van der Waals surface area contributed by atoms with Crippen LogP contribution in [0, 0.1) is 28.6 Å². The smallest absolute Gasteiger partial charge is 0.156 e. The zero-order chi connectivity index (χ0) is 16.4. The highest BCUT2D eigenvalue weighted by molar-refractivity contribution is 5.92. The molecule has 0 unspecified atom stereocenters. The fraction of sp³-hybridized carbons (Fsp3) is 0.714. The van der Waals surface area contributed by atoms with Gasteiger partial charge in [0.05, 0.1) is 0 Å². The second-order valence-electron chi connectivity index (χ2n) is 8.75. The largest absolute Gasteiger partial charge is 0.299 e. The zero-order valence-electron chi connectivity index (χ0n) is 14.7. The van der Waals surface area contributed by atoms with Gasteiger partial charge in [-0.1, -0.05) is 19.9 Å². The Kier molecular flexibility index (Phi) is 3.28. The molecule has 0 spiro atoms. The van der Waals surface area contributed by atoms with E-state index in [0.29, 0.717) is 35.7 Å². The fourth-order valence-electron chi connectivity index (χ4n) is 6.53. The highest BCUT2D eigenvalue weighted by Gasteiger charge is 2.59. The van der Waals surface area contributed by atoms with Gasteiger partial charge in [-0.2, -0.15) is 0 Å². The number of rotatable bonds is 0. The van der Waals surface area contributed by atoms with Crippen LogP contribution in [0.25, 0.3) is 0 Å². The second kappa shape index (κ2) is 4.91. The van der Waals surface area contributed by atoms with E-state index in [4.69, 9.17) is 0 Å². The van der Waals surface area contributed by atoms with Crippen LogP contribution >= 0.6 is 0 Å². The molecule has 4 rings (SSSR count). The van der Waals surface area contributed by atoms with Crippen LogP contribution in [0.2, 0.25) is 0 Å². The van der Waals surface area contributed by atoms with Crippen molar-refractivity contribution in [2.45, 2.75) is 65.7 Å². The van der Waals surface area contributed by atoms with Crippen LogP contribution in [-0.2, 0) is 9.59 Å². The van der Waals surface area contributed by atoms with Gasteiger partial charge in [0, 0.05) is 18.3 Å². The lowest BCUT2D eigenvalue weighted by atomic mass is 9.46. The highest BCUT2D eigenvalue weighted by Crippen LogP contribution is 2.65. The van der Waals surface area contributed by atoms with E-state index in [1.165, 1.54) is 11.1 Å². The Morgan fingerprint density at radius 2 is 1.78 bits per heavy atom. The maximum atomic E-state index is 12.5. The highest BCUT2D eigenvalue weighted by atomic mass is 16.1. The second-order valence-corrected chi connectivity index (χ2v) is 8.75. The average Bonchev–Trinajstić information content (AvgIpc) is 2.83. The summed E-state index contributed by atoms with van der Waals surface area (Å²) in [4.78, 5) is 24.5. The number of hydrogen-bond acceptors (Lipinski definition) is 2. The van der Waals surface area contributed by atoms with E-state index in [1.54, 1.807) is 0 Å². The maximum absolute atomic E-state index is 12.5. The summed E-state index contributed by atoms with van der Waals surface area (Å²) in [6.45, 7) is 6.74. The van der Waals surface area contributed by atoms with Crippen molar-refractivity contribution in [3.05, 3.63) is 23.3 Å². The Labute approximate surface area is 139 Å². The van der Waals surface area contributed by atoms with Gasteiger partial charge in [-0.05, 0) is 79.4 Å². The number of allylic oxidation sites excluding steroid dienone is 3. The number of ketones is 2. The molecule has 2 nitrogen and oxygen atoms in total. The van der Waals surface area contributed by atoms with Gasteiger partial charge in [0.1, 0.15) is 5.78 Å². The average molecular weight is 312 g/mol. The number of carbonyl (C=O) groups excluding carboxylic acids is 2. The molecule has 124 valence electrons.